The van der Waals surface area contributed by atoms with Crippen LogP contribution < -0.4 is 9.80 Å². The van der Waals surface area contributed by atoms with E-state index in [0.717, 1.165) is 44.1 Å². The topological polar surface area (TPSA) is 51.3 Å². The van der Waals surface area contributed by atoms with Gasteiger partial charge >= 0.3 is 0 Å². The lowest BCUT2D eigenvalue weighted by atomic mass is 9.71. The molecule has 1 aliphatic heterocycles. The van der Waals surface area contributed by atoms with Crippen molar-refractivity contribution in [1.29, 1.82) is 0 Å². The first-order valence-electron chi connectivity index (χ1n) is 12.1. The average Bonchev–Trinajstić information content (AvgIpc) is 3.30. The quantitative estimate of drug-likeness (QED) is 0.690. The first kappa shape index (κ1) is 21.1. The van der Waals surface area contributed by atoms with Gasteiger partial charge < -0.3 is 9.80 Å². The summed E-state index contributed by atoms with van der Waals surface area (Å²) in [6.07, 6.45) is 4.94. The summed E-state index contributed by atoms with van der Waals surface area (Å²) in [6.45, 7) is 11.1. The van der Waals surface area contributed by atoms with Gasteiger partial charge in [-0.05, 0) is 60.4 Å². The smallest absolute Gasteiger partial charge is 0.217 e. The Hall–Kier alpha value is -2.73. The van der Waals surface area contributed by atoms with Crippen LogP contribution in [-0.2, 0) is 5.54 Å². The first-order valence-corrected chi connectivity index (χ1v) is 12.1. The summed E-state index contributed by atoms with van der Waals surface area (Å²) in [5.41, 5.74) is 4.88. The van der Waals surface area contributed by atoms with Crippen molar-refractivity contribution in [3.05, 3.63) is 65.5 Å². The molecule has 3 aromatic rings. The molecule has 0 bridgehead atoms. The van der Waals surface area contributed by atoms with E-state index in [1.807, 2.05) is 0 Å². The molecule has 2 aliphatic rings. The molecule has 1 N–H and O–H groups in total. The predicted molar refractivity (Wildman–Crippen MR) is 127 cm³/mol. The van der Waals surface area contributed by atoms with Crippen molar-refractivity contribution in [2.75, 3.05) is 31.1 Å². The Kier molecular flexibility index (Phi) is 5.72. The van der Waals surface area contributed by atoms with Gasteiger partial charge in [-0.1, -0.05) is 49.7 Å². The third-order valence-corrected chi connectivity index (χ3v) is 7.94. The van der Waals surface area contributed by atoms with Gasteiger partial charge in [0.1, 0.15) is 0 Å². The number of aryl methyl sites for hydroxylation is 2. The largest absolute Gasteiger partial charge is 0.360 e. The highest BCUT2D eigenvalue weighted by molar-refractivity contribution is 5.47. The highest BCUT2D eigenvalue weighted by Crippen LogP contribution is 2.39. The second-order valence-corrected chi connectivity index (χ2v) is 9.70. The van der Waals surface area contributed by atoms with Gasteiger partial charge in [0.25, 0.3) is 0 Å². The van der Waals surface area contributed by atoms with Gasteiger partial charge in [0.05, 0.1) is 31.9 Å². The molecule has 0 spiro atoms. The molecule has 2 aromatic carbocycles. The molecule has 2 atom stereocenters. The van der Waals surface area contributed by atoms with Crippen LogP contribution in [0.3, 0.4) is 0 Å². The first-order chi connectivity index (χ1) is 15.6. The summed E-state index contributed by atoms with van der Waals surface area (Å²) in [5, 5.41) is 13.5. The van der Waals surface area contributed by atoms with Crippen LogP contribution in [-0.4, -0.2) is 46.4 Å². The second kappa shape index (κ2) is 8.66. The molecule has 1 saturated carbocycles. The molecule has 5 rings (SSSR count). The van der Waals surface area contributed by atoms with Crippen LogP contribution in [0.5, 0.6) is 0 Å². The molecule has 1 saturated heterocycles. The summed E-state index contributed by atoms with van der Waals surface area (Å²) in [6, 6.07) is 17.3. The van der Waals surface area contributed by atoms with Gasteiger partial charge in [0.15, 0.2) is 5.54 Å². The van der Waals surface area contributed by atoms with E-state index < -0.39 is 0 Å². The highest BCUT2D eigenvalue weighted by Gasteiger charge is 2.53. The molecule has 6 nitrogen and oxygen atoms in total. The lowest BCUT2D eigenvalue weighted by molar-refractivity contribution is -0.969. The number of nitrogens with zero attached hydrogens (tertiary/aromatic N) is 5. The summed E-state index contributed by atoms with van der Waals surface area (Å²) in [7, 11) is 0. The van der Waals surface area contributed by atoms with Gasteiger partial charge in [-0.2, -0.15) is 4.68 Å². The standard InChI is InChI=1S/C26H34N6/c1-20-10-9-11-21(2)24(20)32-25(27-28-29-32)26(15-8-7-12-22(26)3)31-18-16-30(17-19-31)23-13-5-4-6-14-23/h4-6,9-11,13-14,22H,7-8,12,15-19H2,1-3H3/p+1/t22-,26+/m1/s1. The van der Waals surface area contributed by atoms with E-state index in [0.29, 0.717) is 5.92 Å². The SMILES string of the molecule is Cc1cccc(C)c1-n1nnnc1[C@]1([NH+]2CCN(c3ccccc3)CC2)CCCC[C@H]1C. The zero-order valence-electron chi connectivity index (χ0n) is 19.6. The van der Waals surface area contributed by atoms with Crippen molar-refractivity contribution in [1.82, 2.24) is 20.2 Å². The monoisotopic (exact) mass is 431 g/mol. The van der Waals surface area contributed by atoms with E-state index in [4.69, 9.17) is 5.10 Å². The molecule has 0 radical (unpaired) electrons. The molecule has 0 unspecified atom stereocenters. The number of hydrogen-bond donors (Lipinski definition) is 1. The third kappa shape index (κ3) is 3.51. The van der Waals surface area contributed by atoms with Crippen LogP contribution in [0.2, 0.25) is 0 Å². The van der Waals surface area contributed by atoms with Crippen LogP contribution in [0.25, 0.3) is 5.69 Å². The van der Waals surface area contributed by atoms with E-state index in [9.17, 15) is 0 Å². The Labute approximate surface area is 191 Å². The molecule has 1 aliphatic carbocycles. The zero-order chi connectivity index (χ0) is 22.1. The second-order valence-electron chi connectivity index (χ2n) is 9.70. The molecular weight excluding hydrogens is 396 g/mol. The van der Waals surface area contributed by atoms with E-state index in [-0.39, 0.29) is 5.54 Å². The van der Waals surface area contributed by atoms with Crippen LogP contribution in [0.15, 0.2) is 48.5 Å². The maximum absolute atomic E-state index is 4.74. The van der Waals surface area contributed by atoms with E-state index >= 15 is 0 Å². The number of para-hydroxylation sites is 2. The number of benzene rings is 2. The minimum atomic E-state index is -0.0424. The van der Waals surface area contributed by atoms with E-state index in [2.05, 4.69) is 89.3 Å². The number of aromatic nitrogens is 4. The number of hydrogen-bond acceptors (Lipinski definition) is 4. The molecule has 6 heteroatoms. The fraction of sp³-hybridized carbons (Fsp3) is 0.500. The molecule has 0 amide bonds. The normalized spacial score (nSPS) is 24.6. The summed E-state index contributed by atoms with van der Waals surface area (Å²) < 4.78 is 2.07. The molecule has 32 heavy (non-hydrogen) atoms. The average molecular weight is 432 g/mol. The fourth-order valence-electron chi connectivity index (χ4n) is 6.24. The maximum atomic E-state index is 4.74. The molecule has 2 heterocycles. The Morgan fingerprint density at radius 2 is 1.66 bits per heavy atom. The van der Waals surface area contributed by atoms with Crippen molar-refractivity contribution < 1.29 is 4.90 Å². The summed E-state index contributed by atoms with van der Waals surface area (Å²) in [4.78, 5) is 4.18. The minimum absolute atomic E-state index is 0.0424. The Morgan fingerprint density at radius 3 is 2.34 bits per heavy atom. The van der Waals surface area contributed by atoms with Gasteiger partial charge in [-0.25, -0.2) is 0 Å². The minimum Gasteiger partial charge on any atom is -0.360 e. The van der Waals surface area contributed by atoms with Crippen LogP contribution in [0.4, 0.5) is 5.69 Å². The van der Waals surface area contributed by atoms with Crippen LogP contribution in [0.1, 0.15) is 49.6 Å². The van der Waals surface area contributed by atoms with Gasteiger partial charge in [-0.3, -0.25) is 0 Å². The van der Waals surface area contributed by atoms with Crippen molar-refractivity contribution in [3.63, 3.8) is 0 Å². The number of rotatable bonds is 4. The fourth-order valence-corrected chi connectivity index (χ4v) is 6.24. The third-order valence-electron chi connectivity index (χ3n) is 7.94. The highest BCUT2D eigenvalue weighted by atomic mass is 15.6. The Bertz CT molecular complexity index is 1030. The number of anilines is 1. The van der Waals surface area contributed by atoms with Gasteiger partial charge in [0.2, 0.25) is 5.82 Å². The van der Waals surface area contributed by atoms with E-state index in [1.165, 1.54) is 36.1 Å². The zero-order valence-corrected chi connectivity index (χ0v) is 19.6. The van der Waals surface area contributed by atoms with Crippen LogP contribution in [0, 0.1) is 19.8 Å². The van der Waals surface area contributed by atoms with Crippen molar-refractivity contribution in [2.24, 2.45) is 5.92 Å². The van der Waals surface area contributed by atoms with Crippen LogP contribution >= 0.6 is 0 Å². The lowest BCUT2D eigenvalue weighted by Crippen LogP contribution is -3.22. The summed E-state index contributed by atoms with van der Waals surface area (Å²) in [5.74, 6) is 1.61. The summed E-state index contributed by atoms with van der Waals surface area (Å²) >= 11 is 0. The maximum Gasteiger partial charge on any atom is 0.217 e. The number of quaternary nitrogens is 1. The molecule has 2 fully saturated rings. The van der Waals surface area contributed by atoms with Gasteiger partial charge in [0, 0.05) is 18.0 Å². The molecule has 168 valence electrons. The van der Waals surface area contributed by atoms with Crippen molar-refractivity contribution >= 4 is 5.69 Å². The van der Waals surface area contributed by atoms with Gasteiger partial charge in [-0.15, -0.1) is 5.10 Å². The van der Waals surface area contributed by atoms with Crippen molar-refractivity contribution in [2.45, 2.75) is 52.0 Å². The molecule has 1 aromatic heterocycles. The van der Waals surface area contributed by atoms with Crippen molar-refractivity contribution in [3.8, 4) is 5.69 Å². The predicted octanol–water partition coefficient (Wildman–Crippen LogP) is 3.09. The Morgan fingerprint density at radius 1 is 0.938 bits per heavy atom. The number of piperazine rings is 1. The number of tetrazole rings is 1. The van der Waals surface area contributed by atoms with E-state index in [1.54, 1.807) is 4.90 Å². The number of nitrogens with one attached hydrogen (secondary N) is 1. The lowest BCUT2D eigenvalue weighted by Gasteiger charge is -2.49. The molecular formula is C26H35N6+. The Balaban J connectivity index is 1.52.